The standard InChI is InChI=1S/C14H20N2O2/c15-13(10-11-4-6-12(17)7-5-11)14(18)16-8-2-1-3-9-16/h4-7,13,17H,1-3,8-10,15H2/t13-/m0/s1. The lowest BCUT2D eigenvalue weighted by atomic mass is 10.0. The van der Waals surface area contributed by atoms with Crippen molar-refractivity contribution in [3.05, 3.63) is 29.8 Å². The van der Waals surface area contributed by atoms with Crippen molar-refractivity contribution in [1.29, 1.82) is 0 Å². The van der Waals surface area contributed by atoms with Crippen LogP contribution in [0.1, 0.15) is 24.8 Å². The molecule has 1 aromatic rings. The van der Waals surface area contributed by atoms with Crippen LogP contribution in [-0.2, 0) is 11.2 Å². The second-order valence-corrected chi connectivity index (χ2v) is 4.86. The molecule has 1 atom stereocenters. The number of aromatic hydroxyl groups is 1. The monoisotopic (exact) mass is 248 g/mol. The van der Waals surface area contributed by atoms with Crippen molar-refractivity contribution in [2.24, 2.45) is 5.73 Å². The molecule has 2 rings (SSSR count). The van der Waals surface area contributed by atoms with E-state index in [-0.39, 0.29) is 11.7 Å². The number of likely N-dealkylation sites (tertiary alicyclic amines) is 1. The summed E-state index contributed by atoms with van der Waals surface area (Å²) in [6.45, 7) is 1.67. The number of carbonyl (C=O) groups is 1. The van der Waals surface area contributed by atoms with Crippen LogP contribution in [0.2, 0.25) is 0 Å². The van der Waals surface area contributed by atoms with E-state index in [0.717, 1.165) is 31.5 Å². The fourth-order valence-corrected chi connectivity index (χ4v) is 2.32. The van der Waals surface area contributed by atoms with Gasteiger partial charge in [-0.25, -0.2) is 0 Å². The quantitative estimate of drug-likeness (QED) is 0.846. The lowest BCUT2D eigenvalue weighted by Crippen LogP contribution is -2.46. The molecule has 1 fully saturated rings. The Morgan fingerprint density at radius 2 is 1.83 bits per heavy atom. The average Bonchev–Trinajstić information content (AvgIpc) is 2.41. The van der Waals surface area contributed by atoms with Gasteiger partial charge < -0.3 is 15.7 Å². The number of benzene rings is 1. The fourth-order valence-electron chi connectivity index (χ4n) is 2.32. The largest absolute Gasteiger partial charge is 0.508 e. The van der Waals surface area contributed by atoms with E-state index in [1.54, 1.807) is 24.3 Å². The molecule has 0 spiro atoms. The first-order chi connectivity index (χ1) is 8.66. The predicted molar refractivity (Wildman–Crippen MR) is 70.2 cm³/mol. The second kappa shape index (κ2) is 5.87. The second-order valence-electron chi connectivity index (χ2n) is 4.86. The third kappa shape index (κ3) is 3.23. The lowest BCUT2D eigenvalue weighted by molar-refractivity contribution is -0.133. The minimum absolute atomic E-state index is 0.0442. The molecule has 0 bridgehead atoms. The maximum atomic E-state index is 12.1. The van der Waals surface area contributed by atoms with Gasteiger partial charge in [0.25, 0.3) is 0 Å². The molecule has 0 saturated carbocycles. The summed E-state index contributed by atoms with van der Waals surface area (Å²) in [7, 11) is 0. The Morgan fingerprint density at radius 1 is 1.22 bits per heavy atom. The van der Waals surface area contributed by atoms with Gasteiger partial charge in [0.1, 0.15) is 5.75 Å². The summed E-state index contributed by atoms with van der Waals surface area (Å²) in [5.74, 6) is 0.275. The highest BCUT2D eigenvalue weighted by Crippen LogP contribution is 2.13. The van der Waals surface area contributed by atoms with Gasteiger partial charge in [-0.05, 0) is 43.4 Å². The Kier molecular flexibility index (Phi) is 4.20. The van der Waals surface area contributed by atoms with Crippen molar-refractivity contribution >= 4 is 5.91 Å². The summed E-state index contributed by atoms with van der Waals surface area (Å²) in [5, 5.41) is 9.20. The van der Waals surface area contributed by atoms with Crippen molar-refractivity contribution in [2.75, 3.05) is 13.1 Å². The third-order valence-corrected chi connectivity index (χ3v) is 3.38. The first-order valence-electron chi connectivity index (χ1n) is 6.49. The molecule has 1 aromatic carbocycles. The summed E-state index contributed by atoms with van der Waals surface area (Å²) in [6, 6.07) is 6.37. The van der Waals surface area contributed by atoms with E-state index >= 15 is 0 Å². The lowest BCUT2D eigenvalue weighted by Gasteiger charge is -2.29. The van der Waals surface area contributed by atoms with Crippen molar-refractivity contribution in [3.63, 3.8) is 0 Å². The molecule has 18 heavy (non-hydrogen) atoms. The molecule has 1 aliphatic heterocycles. The van der Waals surface area contributed by atoms with Crippen LogP contribution in [0.3, 0.4) is 0 Å². The minimum atomic E-state index is -0.479. The molecule has 1 heterocycles. The molecule has 1 aliphatic rings. The molecule has 1 amide bonds. The Labute approximate surface area is 107 Å². The summed E-state index contributed by atoms with van der Waals surface area (Å²) in [4.78, 5) is 14.0. The molecular weight excluding hydrogens is 228 g/mol. The summed E-state index contributed by atoms with van der Waals surface area (Å²) in [5.41, 5.74) is 6.94. The number of amides is 1. The third-order valence-electron chi connectivity index (χ3n) is 3.38. The highest BCUT2D eigenvalue weighted by Gasteiger charge is 2.22. The molecule has 98 valence electrons. The maximum absolute atomic E-state index is 12.1. The predicted octanol–water partition coefficient (Wildman–Crippen LogP) is 1.27. The Bertz CT molecular complexity index is 397. The van der Waals surface area contributed by atoms with Crippen molar-refractivity contribution in [3.8, 4) is 5.75 Å². The van der Waals surface area contributed by atoms with Gasteiger partial charge in [-0.1, -0.05) is 12.1 Å². The average molecular weight is 248 g/mol. The van der Waals surface area contributed by atoms with E-state index < -0.39 is 6.04 Å². The minimum Gasteiger partial charge on any atom is -0.508 e. The van der Waals surface area contributed by atoms with Crippen LogP contribution >= 0.6 is 0 Å². The molecule has 0 radical (unpaired) electrons. The number of piperidine rings is 1. The van der Waals surface area contributed by atoms with Crippen LogP contribution < -0.4 is 5.73 Å². The van der Waals surface area contributed by atoms with E-state index in [0.29, 0.717) is 6.42 Å². The van der Waals surface area contributed by atoms with Crippen molar-refractivity contribution < 1.29 is 9.90 Å². The van der Waals surface area contributed by atoms with Crippen LogP contribution in [0, 0.1) is 0 Å². The molecule has 0 unspecified atom stereocenters. The molecule has 1 saturated heterocycles. The van der Waals surface area contributed by atoms with E-state index in [1.165, 1.54) is 6.42 Å². The Balaban J connectivity index is 1.92. The number of phenolic OH excluding ortho intramolecular Hbond substituents is 1. The maximum Gasteiger partial charge on any atom is 0.239 e. The summed E-state index contributed by atoms with van der Waals surface area (Å²) >= 11 is 0. The zero-order chi connectivity index (χ0) is 13.0. The zero-order valence-corrected chi connectivity index (χ0v) is 10.5. The first kappa shape index (κ1) is 12.9. The highest BCUT2D eigenvalue weighted by molar-refractivity contribution is 5.82. The summed E-state index contributed by atoms with van der Waals surface area (Å²) in [6.07, 6.45) is 3.89. The van der Waals surface area contributed by atoms with Crippen LogP contribution in [-0.4, -0.2) is 35.0 Å². The van der Waals surface area contributed by atoms with Gasteiger partial charge in [-0.15, -0.1) is 0 Å². The van der Waals surface area contributed by atoms with E-state index in [4.69, 9.17) is 5.73 Å². The van der Waals surface area contributed by atoms with Gasteiger partial charge in [0.15, 0.2) is 0 Å². The van der Waals surface area contributed by atoms with Crippen molar-refractivity contribution in [1.82, 2.24) is 4.90 Å². The molecule has 0 aliphatic carbocycles. The smallest absolute Gasteiger partial charge is 0.239 e. The fraction of sp³-hybridized carbons (Fsp3) is 0.500. The number of nitrogens with two attached hydrogens (primary N) is 1. The topological polar surface area (TPSA) is 66.6 Å². The number of rotatable bonds is 3. The van der Waals surface area contributed by atoms with Gasteiger partial charge in [0.05, 0.1) is 6.04 Å². The van der Waals surface area contributed by atoms with Gasteiger partial charge in [-0.2, -0.15) is 0 Å². The molecule has 3 N–H and O–H groups in total. The van der Waals surface area contributed by atoms with Crippen LogP contribution in [0.5, 0.6) is 5.75 Å². The van der Waals surface area contributed by atoms with Gasteiger partial charge in [-0.3, -0.25) is 4.79 Å². The van der Waals surface area contributed by atoms with Gasteiger partial charge >= 0.3 is 0 Å². The van der Waals surface area contributed by atoms with E-state index in [1.807, 2.05) is 4.90 Å². The summed E-state index contributed by atoms with van der Waals surface area (Å²) < 4.78 is 0. The van der Waals surface area contributed by atoms with Crippen LogP contribution in [0.15, 0.2) is 24.3 Å². The number of carbonyl (C=O) groups excluding carboxylic acids is 1. The van der Waals surface area contributed by atoms with Gasteiger partial charge in [0, 0.05) is 13.1 Å². The first-order valence-corrected chi connectivity index (χ1v) is 6.49. The SMILES string of the molecule is N[C@@H](Cc1ccc(O)cc1)C(=O)N1CCCCC1. The Morgan fingerprint density at radius 3 is 2.44 bits per heavy atom. The van der Waals surface area contributed by atoms with Crippen LogP contribution in [0.4, 0.5) is 0 Å². The zero-order valence-electron chi connectivity index (χ0n) is 10.5. The molecule has 4 heteroatoms. The number of hydrogen-bond acceptors (Lipinski definition) is 3. The Hall–Kier alpha value is -1.55. The molecule has 4 nitrogen and oxygen atoms in total. The van der Waals surface area contributed by atoms with E-state index in [2.05, 4.69) is 0 Å². The number of phenols is 1. The molecule has 0 aromatic heterocycles. The van der Waals surface area contributed by atoms with Crippen LogP contribution in [0.25, 0.3) is 0 Å². The van der Waals surface area contributed by atoms with Gasteiger partial charge in [0.2, 0.25) is 5.91 Å². The number of hydrogen-bond donors (Lipinski definition) is 2. The van der Waals surface area contributed by atoms with E-state index in [9.17, 15) is 9.90 Å². The highest BCUT2D eigenvalue weighted by atomic mass is 16.3. The normalized spacial score (nSPS) is 17.5. The number of nitrogens with zero attached hydrogens (tertiary/aromatic N) is 1. The molecular formula is C14H20N2O2. The van der Waals surface area contributed by atoms with Crippen molar-refractivity contribution in [2.45, 2.75) is 31.7 Å².